The van der Waals surface area contributed by atoms with E-state index >= 15 is 0 Å². The first-order chi connectivity index (χ1) is 8.98. The van der Waals surface area contributed by atoms with E-state index in [1.165, 1.54) is 31.4 Å². The lowest BCUT2D eigenvalue weighted by atomic mass is 9.87. The Morgan fingerprint density at radius 2 is 2.00 bits per heavy atom. The van der Waals surface area contributed by atoms with Crippen LogP contribution >= 0.6 is 11.8 Å². The Morgan fingerprint density at radius 1 is 1.32 bits per heavy atom. The van der Waals surface area contributed by atoms with Crippen LogP contribution in [0.5, 0.6) is 0 Å². The maximum atomic E-state index is 12.4. The number of thioether (sulfide) groups is 1. The van der Waals surface area contributed by atoms with Gasteiger partial charge in [-0.3, -0.25) is 4.79 Å². The summed E-state index contributed by atoms with van der Waals surface area (Å²) in [7, 11) is 0. The number of rotatable bonds is 3. The number of likely N-dealkylation sites (tertiary alicyclic amines) is 1. The number of carbonyl (C=O) groups is 1. The molecule has 1 N–H and O–H groups in total. The predicted molar refractivity (Wildman–Crippen MR) is 82.5 cm³/mol. The maximum Gasteiger partial charge on any atom is 0.239 e. The third kappa shape index (κ3) is 4.38. The molecule has 0 aromatic rings. The minimum Gasteiger partial charge on any atom is -0.341 e. The summed E-state index contributed by atoms with van der Waals surface area (Å²) in [6.07, 6.45) is 4.80. The summed E-state index contributed by atoms with van der Waals surface area (Å²) < 4.78 is 0. The fraction of sp³-hybridized carbons (Fsp3) is 0.933. The van der Waals surface area contributed by atoms with Gasteiger partial charge in [-0.2, -0.15) is 11.8 Å². The summed E-state index contributed by atoms with van der Waals surface area (Å²) in [4.78, 5) is 14.4. The third-order valence-corrected chi connectivity index (χ3v) is 5.76. The number of nitrogens with zero attached hydrogens (tertiary/aromatic N) is 1. The molecule has 3 nitrogen and oxygen atoms in total. The van der Waals surface area contributed by atoms with Crippen molar-refractivity contribution >= 4 is 17.7 Å². The van der Waals surface area contributed by atoms with Crippen molar-refractivity contribution in [3.05, 3.63) is 0 Å². The number of hydrogen-bond donors (Lipinski definition) is 1. The van der Waals surface area contributed by atoms with Crippen LogP contribution in [0.25, 0.3) is 0 Å². The molecule has 0 aliphatic carbocycles. The van der Waals surface area contributed by atoms with Crippen LogP contribution in [0.4, 0.5) is 0 Å². The predicted octanol–water partition coefficient (Wildman–Crippen LogP) is 2.51. The minimum atomic E-state index is -0.0300. The van der Waals surface area contributed by atoms with Crippen LogP contribution in [0.2, 0.25) is 0 Å². The second kappa shape index (κ2) is 6.49. The first-order valence-corrected chi connectivity index (χ1v) is 8.76. The van der Waals surface area contributed by atoms with Crippen molar-refractivity contribution in [2.24, 2.45) is 5.41 Å². The molecule has 2 heterocycles. The fourth-order valence-corrected chi connectivity index (χ4v) is 4.47. The molecule has 2 aliphatic heterocycles. The molecule has 110 valence electrons. The Labute approximate surface area is 121 Å². The van der Waals surface area contributed by atoms with Gasteiger partial charge in [-0.25, -0.2) is 0 Å². The highest BCUT2D eigenvalue weighted by Crippen LogP contribution is 2.33. The Morgan fingerprint density at radius 3 is 2.63 bits per heavy atom. The van der Waals surface area contributed by atoms with Crippen LogP contribution < -0.4 is 5.32 Å². The van der Waals surface area contributed by atoms with Gasteiger partial charge in [-0.05, 0) is 43.8 Å². The summed E-state index contributed by atoms with van der Waals surface area (Å²) in [6.45, 7) is 8.59. The topological polar surface area (TPSA) is 32.3 Å². The Bertz CT molecular complexity index is 313. The van der Waals surface area contributed by atoms with Gasteiger partial charge in [0.1, 0.15) is 0 Å². The van der Waals surface area contributed by atoms with Crippen molar-refractivity contribution < 1.29 is 4.79 Å². The normalized spacial score (nSPS) is 29.0. The molecule has 2 aliphatic rings. The van der Waals surface area contributed by atoms with Gasteiger partial charge in [0, 0.05) is 24.9 Å². The highest BCUT2D eigenvalue weighted by Gasteiger charge is 2.31. The smallest absolute Gasteiger partial charge is 0.239 e. The first-order valence-electron chi connectivity index (χ1n) is 7.60. The van der Waals surface area contributed by atoms with Crippen LogP contribution in [0, 0.1) is 5.41 Å². The van der Waals surface area contributed by atoms with Gasteiger partial charge in [0.15, 0.2) is 0 Å². The van der Waals surface area contributed by atoms with E-state index in [1.54, 1.807) is 0 Å². The molecule has 2 saturated heterocycles. The molecule has 1 amide bonds. The van der Waals surface area contributed by atoms with Crippen LogP contribution in [-0.2, 0) is 4.79 Å². The average molecular weight is 284 g/mol. The van der Waals surface area contributed by atoms with Crippen molar-refractivity contribution in [3.8, 4) is 0 Å². The molecule has 2 atom stereocenters. The monoisotopic (exact) mass is 284 g/mol. The summed E-state index contributed by atoms with van der Waals surface area (Å²) in [5.74, 6) is 2.67. The number of hydrogen-bond acceptors (Lipinski definition) is 3. The number of piperidine rings is 1. The molecule has 19 heavy (non-hydrogen) atoms. The standard InChI is InChI=1S/C15H28N2OS/c1-12(14(18)17-7-5-4-6-8-17)16-13-9-15(2,3)11-19-10-13/h12-13,16H,4-11H2,1-3H3. The van der Waals surface area contributed by atoms with Gasteiger partial charge in [0.25, 0.3) is 0 Å². The van der Waals surface area contributed by atoms with E-state index in [-0.39, 0.29) is 6.04 Å². The minimum absolute atomic E-state index is 0.0300. The fourth-order valence-electron chi connectivity index (χ4n) is 3.18. The highest BCUT2D eigenvalue weighted by atomic mass is 32.2. The van der Waals surface area contributed by atoms with Crippen molar-refractivity contribution in [2.75, 3.05) is 24.6 Å². The third-order valence-electron chi connectivity index (χ3n) is 4.13. The lowest BCUT2D eigenvalue weighted by Crippen LogP contribution is -2.52. The molecule has 0 bridgehead atoms. The van der Waals surface area contributed by atoms with Crippen molar-refractivity contribution in [3.63, 3.8) is 0 Å². The van der Waals surface area contributed by atoms with Crippen molar-refractivity contribution in [1.29, 1.82) is 0 Å². The summed E-state index contributed by atoms with van der Waals surface area (Å²) in [5.41, 5.74) is 0.397. The summed E-state index contributed by atoms with van der Waals surface area (Å²) in [5, 5.41) is 3.56. The van der Waals surface area contributed by atoms with Gasteiger partial charge in [0.05, 0.1) is 6.04 Å². The molecule has 0 aromatic carbocycles. The van der Waals surface area contributed by atoms with Crippen LogP contribution in [0.15, 0.2) is 0 Å². The van der Waals surface area contributed by atoms with Crippen molar-refractivity contribution in [1.82, 2.24) is 10.2 Å². The quantitative estimate of drug-likeness (QED) is 0.864. The maximum absolute atomic E-state index is 12.4. The second-order valence-corrected chi connectivity index (χ2v) is 7.88. The van der Waals surface area contributed by atoms with E-state index in [1.807, 2.05) is 23.6 Å². The number of amides is 1. The zero-order valence-electron chi connectivity index (χ0n) is 12.6. The molecule has 2 fully saturated rings. The highest BCUT2D eigenvalue weighted by molar-refractivity contribution is 7.99. The van der Waals surface area contributed by atoms with E-state index in [9.17, 15) is 4.79 Å². The van der Waals surface area contributed by atoms with Gasteiger partial charge < -0.3 is 10.2 Å². The molecular formula is C15H28N2OS. The summed E-state index contributed by atoms with van der Waals surface area (Å²) >= 11 is 2.01. The van der Waals surface area contributed by atoms with E-state index < -0.39 is 0 Å². The molecule has 2 unspecified atom stereocenters. The Kier molecular flexibility index (Phi) is 5.18. The largest absolute Gasteiger partial charge is 0.341 e. The lowest BCUT2D eigenvalue weighted by molar-refractivity contribution is -0.134. The van der Waals surface area contributed by atoms with Crippen LogP contribution in [0.1, 0.15) is 46.5 Å². The Hall–Kier alpha value is -0.220. The van der Waals surface area contributed by atoms with Crippen molar-refractivity contribution in [2.45, 2.75) is 58.5 Å². The second-order valence-electron chi connectivity index (χ2n) is 6.85. The molecule has 0 aromatic heterocycles. The molecule has 0 radical (unpaired) electrons. The van der Waals surface area contributed by atoms with Gasteiger partial charge in [-0.15, -0.1) is 0 Å². The SMILES string of the molecule is CC(NC1CSCC(C)(C)C1)C(=O)N1CCCCC1. The molecule has 4 heteroatoms. The van der Waals surface area contributed by atoms with Crippen LogP contribution in [0.3, 0.4) is 0 Å². The van der Waals surface area contributed by atoms with E-state index in [4.69, 9.17) is 0 Å². The zero-order valence-corrected chi connectivity index (χ0v) is 13.4. The number of carbonyl (C=O) groups excluding carboxylic acids is 1. The van der Waals surface area contributed by atoms with Gasteiger partial charge in [-0.1, -0.05) is 13.8 Å². The molecule has 2 rings (SSSR count). The Balaban J connectivity index is 1.82. The van der Waals surface area contributed by atoms with E-state index in [0.29, 0.717) is 17.4 Å². The number of nitrogens with one attached hydrogen (secondary N) is 1. The first kappa shape index (κ1) is 15.2. The molecular weight excluding hydrogens is 256 g/mol. The summed E-state index contributed by atoms with van der Waals surface area (Å²) in [6, 6.07) is 0.454. The van der Waals surface area contributed by atoms with E-state index in [2.05, 4.69) is 19.2 Å². The van der Waals surface area contributed by atoms with Gasteiger partial charge >= 0.3 is 0 Å². The molecule has 0 saturated carbocycles. The van der Waals surface area contributed by atoms with Gasteiger partial charge in [0.2, 0.25) is 5.91 Å². The lowest BCUT2D eigenvalue weighted by Gasteiger charge is -2.37. The average Bonchev–Trinajstić information content (AvgIpc) is 2.37. The zero-order chi connectivity index (χ0) is 13.9. The van der Waals surface area contributed by atoms with Crippen LogP contribution in [-0.4, -0.2) is 47.5 Å². The molecule has 0 spiro atoms. The van der Waals surface area contributed by atoms with E-state index in [0.717, 1.165) is 18.8 Å².